The molecule has 0 radical (unpaired) electrons. The van der Waals surface area contributed by atoms with E-state index in [2.05, 4.69) is 6.92 Å². The Morgan fingerprint density at radius 3 is 3.05 bits per heavy atom. The Morgan fingerprint density at radius 2 is 2.37 bits per heavy atom. The summed E-state index contributed by atoms with van der Waals surface area (Å²) in [5.41, 5.74) is 6.83. The lowest BCUT2D eigenvalue weighted by molar-refractivity contribution is -0.0227. The summed E-state index contributed by atoms with van der Waals surface area (Å²) < 4.78 is 10.8. The summed E-state index contributed by atoms with van der Waals surface area (Å²) in [6.45, 7) is 3.86. The van der Waals surface area contributed by atoms with Crippen LogP contribution in [0.15, 0.2) is 18.2 Å². The van der Waals surface area contributed by atoms with Crippen molar-refractivity contribution in [2.75, 3.05) is 32.5 Å². The number of anilines is 1. The first kappa shape index (κ1) is 13.7. The molecule has 1 aromatic rings. The van der Waals surface area contributed by atoms with Crippen LogP contribution in [-0.2, 0) is 4.74 Å². The van der Waals surface area contributed by atoms with Crippen molar-refractivity contribution in [2.45, 2.75) is 19.4 Å². The van der Waals surface area contributed by atoms with Gasteiger partial charge in [-0.25, -0.2) is 0 Å². The van der Waals surface area contributed by atoms with Gasteiger partial charge < -0.3 is 20.1 Å². The number of amides is 1. The van der Waals surface area contributed by atoms with Crippen LogP contribution in [0.25, 0.3) is 0 Å². The third kappa shape index (κ3) is 2.81. The van der Waals surface area contributed by atoms with Crippen molar-refractivity contribution in [3.05, 3.63) is 23.8 Å². The second-order valence-electron chi connectivity index (χ2n) is 4.58. The summed E-state index contributed by atoms with van der Waals surface area (Å²) in [6.07, 6.45) is 1.02. The Kier molecular flexibility index (Phi) is 4.27. The lowest BCUT2D eigenvalue weighted by atomic mass is 10.1. The molecule has 0 aliphatic carbocycles. The van der Waals surface area contributed by atoms with Crippen LogP contribution in [0.1, 0.15) is 23.7 Å². The van der Waals surface area contributed by atoms with E-state index in [1.165, 1.54) is 7.11 Å². The van der Waals surface area contributed by atoms with Crippen LogP contribution in [0.2, 0.25) is 0 Å². The predicted octanol–water partition coefficient (Wildman–Crippen LogP) is 1.53. The average Bonchev–Trinajstić information content (AvgIpc) is 2.46. The zero-order valence-electron chi connectivity index (χ0n) is 11.4. The highest BCUT2D eigenvalue weighted by Crippen LogP contribution is 2.27. The van der Waals surface area contributed by atoms with Gasteiger partial charge in [0.05, 0.1) is 31.1 Å². The lowest BCUT2D eigenvalue weighted by Crippen LogP contribution is -2.45. The zero-order valence-corrected chi connectivity index (χ0v) is 11.4. The van der Waals surface area contributed by atoms with Gasteiger partial charge in [0.1, 0.15) is 0 Å². The summed E-state index contributed by atoms with van der Waals surface area (Å²) in [4.78, 5) is 14.3. The molecule has 1 fully saturated rings. The molecule has 2 N–H and O–H groups in total. The average molecular weight is 264 g/mol. The predicted molar refractivity (Wildman–Crippen MR) is 73.3 cm³/mol. The molecule has 1 atom stereocenters. The first-order valence-electron chi connectivity index (χ1n) is 6.50. The van der Waals surface area contributed by atoms with Crippen molar-refractivity contribution in [1.82, 2.24) is 4.90 Å². The smallest absolute Gasteiger partial charge is 0.257 e. The van der Waals surface area contributed by atoms with Crippen molar-refractivity contribution in [2.24, 2.45) is 0 Å². The Balaban J connectivity index is 2.22. The van der Waals surface area contributed by atoms with Crippen molar-refractivity contribution >= 4 is 11.6 Å². The summed E-state index contributed by atoms with van der Waals surface area (Å²) in [5, 5.41) is 0. The Morgan fingerprint density at radius 1 is 1.58 bits per heavy atom. The van der Waals surface area contributed by atoms with Gasteiger partial charge in [-0.05, 0) is 18.6 Å². The minimum atomic E-state index is -0.0501. The molecule has 1 heterocycles. The van der Waals surface area contributed by atoms with E-state index in [1.807, 2.05) is 0 Å². The molecule has 0 spiro atoms. The number of carbonyl (C=O) groups is 1. The molecule has 5 nitrogen and oxygen atoms in total. The SMILES string of the molecule is CCC1CN(C(=O)c2cccc(N)c2OC)CCO1. The van der Waals surface area contributed by atoms with E-state index in [0.717, 1.165) is 6.42 Å². The number of ether oxygens (including phenoxy) is 2. The molecule has 1 saturated heterocycles. The van der Waals surface area contributed by atoms with E-state index < -0.39 is 0 Å². The fourth-order valence-corrected chi connectivity index (χ4v) is 2.27. The number of hydrogen-bond acceptors (Lipinski definition) is 4. The van der Waals surface area contributed by atoms with Crippen molar-refractivity contribution in [3.8, 4) is 5.75 Å². The van der Waals surface area contributed by atoms with Crippen LogP contribution < -0.4 is 10.5 Å². The molecular weight excluding hydrogens is 244 g/mol. The highest BCUT2D eigenvalue weighted by molar-refractivity contribution is 5.98. The van der Waals surface area contributed by atoms with E-state index in [-0.39, 0.29) is 12.0 Å². The molecule has 0 bridgehead atoms. The number of nitrogen functional groups attached to an aromatic ring is 1. The summed E-state index contributed by atoms with van der Waals surface area (Å²) in [6, 6.07) is 5.24. The highest BCUT2D eigenvalue weighted by Gasteiger charge is 2.26. The third-order valence-electron chi connectivity index (χ3n) is 3.36. The largest absolute Gasteiger partial charge is 0.494 e. The lowest BCUT2D eigenvalue weighted by Gasteiger charge is -2.32. The monoisotopic (exact) mass is 264 g/mol. The number of nitrogens with two attached hydrogens (primary N) is 1. The van der Waals surface area contributed by atoms with Gasteiger partial charge in [-0.3, -0.25) is 4.79 Å². The number of para-hydroxylation sites is 1. The van der Waals surface area contributed by atoms with E-state index in [0.29, 0.717) is 36.7 Å². The molecule has 1 unspecified atom stereocenters. The second kappa shape index (κ2) is 5.93. The van der Waals surface area contributed by atoms with Gasteiger partial charge in [0, 0.05) is 13.1 Å². The Labute approximate surface area is 113 Å². The van der Waals surface area contributed by atoms with Gasteiger partial charge in [0.25, 0.3) is 5.91 Å². The third-order valence-corrected chi connectivity index (χ3v) is 3.36. The number of benzene rings is 1. The van der Waals surface area contributed by atoms with Crippen LogP contribution in [0.4, 0.5) is 5.69 Å². The van der Waals surface area contributed by atoms with Gasteiger partial charge in [0.2, 0.25) is 0 Å². The molecule has 19 heavy (non-hydrogen) atoms. The topological polar surface area (TPSA) is 64.8 Å². The van der Waals surface area contributed by atoms with Gasteiger partial charge >= 0.3 is 0 Å². The van der Waals surface area contributed by atoms with Gasteiger partial charge in [-0.1, -0.05) is 13.0 Å². The zero-order chi connectivity index (χ0) is 13.8. The molecule has 1 aromatic carbocycles. The highest BCUT2D eigenvalue weighted by atomic mass is 16.5. The Bertz CT molecular complexity index is 462. The van der Waals surface area contributed by atoms with Crippen molar-refractivity contribution in [3.63, 3.8) is 0 Å². The fraction of sp³-hybridized carbons (Fsp3) is 0.500. The molecule has 0 saturated carbocycles. The first-order chi connectivity index (χ1) is 9.17. The maximum atomic E-state index is 12.5. The molecule has 1 aliphatic rings. The second-order valence-corrected chi connectivity index (χ2v) is 4.58. The van der Waals surface area contributed by atoms with Crippen molar-refractivity contribution < 1.29 is 14.3 Å². The van der Waals surface area contributed by atoms with Crippen LogP contribution in [0.3, 0.4) is 0 Å². The fourth-order valence-electron chi connectivity index (χ4n) is 2.27. The van der Waals surface area contributed by atoms with E-state index in [4.69, 9.17) is 15.2 Å². The first-order valence-corrected chi connectivity index (χ1v) is 6.50. The molecule has 5 heteroatoms. The standard InChI is InChI=1S/C14H20N2O3/c1-3-10-9-16(7-8-19-10)14(17)11-5-4-6-12(15)13(11)18-2/h4-6,10H,3,7-9,15H2,1-2H3. The maximum absolute atomic E-state index is 12.5. The number of morpholine rings is 1. The Hall–Kier alpha value is -1.75. The van der Waals surface area contributed by atoms with Gasteiger partial charge in [0.15, 0.2) is 5.75 Å². The van der Waals surface area contributed by atoms with Crippen LogP contribution in [0, 0.1) is 0 Å². The number of carbonyl (C=O) groups excluding carboxylic acids is 1. The van der Waals surface area contributed by atoms with E-state index >= 15 is 0 Å². The number of nitrogens with zero attached hydrogens (tertiary/aromatic N) is 1. The maximum Gasteiger partial charge on any atom is 0.257 e. The minimum Gasteiger partial charge on any atom is -0.494 e. The number of hydrogen-bond donors (Lipinski definition) is 1. The minimum absolute atomic E-state index is 0.0501. The number of methoxy groups -OCH3 is 1. The molecule has 1 aliphatic heterocycles. The van der Waals surface area contributed by atoms with Crippen LogP contribution in [-0.4, -0.2) is 43.7 Å². The quantitative estimate of drug-likeness (QED) is 0.841. The van der Waals surface area contributed by atoms with Crippen LogP contribution in [0.5, 0.6) is 5.75 Å². The van der Waals surface area contributed by atoms with Gasteiger partial charge in [-0.2, -0.15) is 0 Å². The normalized spacial score (nSPS) is 19.3. The summed E-state index contributed by atoms with van der Waals surface area (Å²) in [7, 11) is 1.52. The molecule has 1 amide bonds. The summed E-state index contributed by atoms with van der Waals surface area (Å²) in [5.74, 6) is 0.401. The van der Waals surface area contributed by atoms with E-state index in [9.17, 15) is 4.79 Å². The number of rotatable bonds is 3. The van der Waals surface area contributed by atoms with E-state index in [1.54, 1.807) is 23.1 Å². The van der Waals surface area contributed by atoms with Crippen LogP contribution >= 0.6 is 0 Å². The van der Waals surface area contributed by atoms with Crippen molar-refractivity contribution in [1.29, 1.82) is 0 Å². The molecule has 104 valence electrons. The molecular formula is C14H20N2O3. The summed E-state index contributed by atoms with van der Waals surface area (Å²) >= 11 is 0. The van der Waals surface area contributed by atoms with Gasteiger partial charge in [-0.15, -0.1) is 0 Å². The molecule has 2 rings (SSSR count). The molecule has 0 aromatic heterocycles.